The molecule has 17 heavy (non-hydrogen) atoms. The van der Waals surface area contributed by atoms with Crippen LogP contribution in [-0.2, 0) is 4.79 Å². The Bertz CT molecular complexity index is 469. The van der Waals surface area contributed by atoms with Gasteiger partial charge < -0.3 is 0 Å². The Hall–Kier alpha value is -1.41. The van der Waals surface area contributed by atoms with Gasteiger partial charge in [-0.1, -0.05) is 5.11 Å². The summed E-state index contributed by atoms with van der Waals surface area (Å²) in [6, 6.07) is 0. The highest BCUT2D eigenvalue weighted by molar-refractivity contribution is 14.1. The maximum Gasteiger partial charge on any atom is 0.228 e. The first kappa shape index (κ1) is 12.1. The van der Waals surface area contributed by atoms with Crippen LogP contribution in [0.2, 0.25) is 0 Å². The van der Waals surface area contributed by atoms with E-state index in [0.29, 0.717) is 25.3 Å². The summed E-state index contributed by atoms with van der Waals surface area (Å²) in [6.45, 7) is 0.879. The quantitative estimate of drug-likeness (QED) is 0.362. The number of azide groups is 1. The first-order valence-electron chi connectivity index (χ1n) is 4.99. The zero-order valence-corrected chi connectivity index (χ0v) is 11.0. The second-order valence-corrected chi connectivity index (χ2v) is 4.79. The van der Waals surface area contributed by atoms with E-state index in [-0.39, 0.29) is 11.8 Å². The predicted molar refractivity (Wildman–Crippen MR) is 69.2 cm³/mol. The first-order chi connectivity index (χ1) is 8.20. The van der Waals surface area contributed by atoms with E-state index in [1.165, 1.54) is 0 Å². The molecule has 1 aromatic rings. The minimum absolute atomic E-state index is 0.00125. The van der Waals surface area contributed by atoms with Gasteiger partial charge in [-0.25, -0.2) is 9.97 Å². The molecule has 1 aromatic heterocycles. The van der Waals surface area contributed by atoms with E-state index < -0.39 is 0 Å². The molecule has 0 spiro atoms. The molecule has 1 amide bonds. The maximum atomic E-state index is 11.8. The zero-order valence-electron chi connectivity index (χ0n) is 8.82. The fraction of sp³-hybridized carbons (Fsp3) is 0.444. The van der Waals surface area contributed by atoms with Gasteiger partial charge in [0.2, 0.25) is 5.91 Å². The summed E-state index contributed by atoms with van der Waals surface area (Å²) in [5, 5.41) is 3.49. The number of hydrogen-bond donors (Lipinski definition) is 0. The first-order valence-corrected chi connectivity index (χ1v) is 6.07. The summed E-state index contributed by atoms with van der Waals surface area (Å²) >= 11 is 2.06. The SMILES string of the molecule is [N-]=[N+]=NCC1CC(=O)N(c2cnc(I)cn2)C1. The van der Waals surface area contributed by atoms with Crippen LogP contribution in [-0.4, -0.2) is 29.0 Å². The zero-order chi connectivity index (χ0) is 12.3. The minimum Gasteiger partial charge on any atom is -0.295 e. The van der Waals surface area contributed by atoms with Gasteiger partial charge in [-0.3, -0.25) is 9.69 Å². The molecule has 2 rings (SSSR count). The number of carbonyl (C=O) groups excluding carboxylic acids is 1. The highest BCUT2D eigenvalue weighted by atomic mass is 127. The third-order valence-corrected chi connectivity index (χ3v) is 3.05. The lowest BCUT2D eigenvalue weighted by atomic mass is 10.1. The normalized spacial score (nSPS) is 19.2. The molecule has 1 unspecified atom stereocenters. The number of hydrogen-bond acceptors (Lipinski definition) is 4. The Labute approximate surface area is 111 Å². The van der Waals surface area contributed by atoms with Crippen LogP contribution in [0, 0.1) is 9.62 Å². The van der Waals surface area contributed by atoms with E-state index >= 15 is 0 Å². The van der Waals surface area contributed by atoms with Crippen LogP contribution in [0.5, 0.6) is 0 Å². The predicted octanol–water partition coefficient (Wildman–Crippen LogP) is 1.74. The summed E-state index contributed by atoms with van der Waals surface area (Å²) in [6.07, 6.45) is 3.59. The molecule has 1 fully saturated rings. The molecule has 0 aliphatic carbocycles. The lowest BCUT2D eigenvalue weighted by Gasteiger charge is -2.14. The number of aromatic nitrogens is 2. The maximum absolute atomic E-state index is 11.8. The van der Waals surface area contributed by atoms with Gasteiger partial charge in [-0.05, 0) is 34.0 Å². The highest BCUT2D eigenvalue weighted by Crippen LogP contribution is 2.23. The van der Waals surface area contributed by atoms with Gasteiger partial charge in [0.05, 0.1) is 12.4 Å². The molecule has 0 radical (unpaired) electrons. The fourth-order valence-corrected chi connectivity index (χ4v) is 2.00. The Balaban J connectivity index is 2.10. The monoisotopic (exact) mass is 344 g/mol. The number of carbonyl (C=O) groups is 1. The molecule has 8 heteroatoms. The molecule has 1 aliphatic heterocycles. The average Bonchev–Trinajstić information content (AvgIpc) is 2.69. The van der Waals surface area contributed by atoms with Crippen molar-refractivity contribution in [2.24, 2.45) is 11.0 Å². The summed E-state index contributed by atoms with van der Waals surface area (Å²) < 4.78 is 0.781. The number of halogens is 1. The van der Waals surface area contributed by atoms with Crippen molar-refractivity contribution in [3.05, 3.63) is 26.5 Å². The molecule has 1 saturated heterocycles. The van der Waals surface area contributed by atoms with Crippen molar-refractivity contribution in [2.45, 2.75) is 6.42 Å². The largest absolute Gasteiger partial charge is 0.295 e. The van der Waals surface area contributed by atoms with Crippen LogP contribution in [0.15, 0.2) is 17.5 Å². The summed E-state index contributed by atoms with van der Waals surface area (Å²) in [7, 11) is 0. The highest BCUT2D eigenvalue weighted by Gasteiger charge is 2.30. The lowest BCUT2D eigenvalue weighted by molar-refractivity contribution is -0.117. The van der Waals surface area contributed by atoms with Crippen molar-refractivity contribution < 1.29 is 4.79 Å². The van der Waals surface area contributed by atoms with Crippen molar-refractivity contribution >= 4 is 34.3 Å². The van der Waals surface area contributed by atoms with Gasteiger partial charge in [0.1, 0.15) is 3.70 Å². The summed E-state index contributed by atoms with van der Waals surface area (Å²) in [5.41, 5.74) is 8.24. The van der Waals surface area contributed by atoms with Gasteiger partial charge in [-0.15, -0.1) is 0 Å². The average molecular weight is 344 g/mol. The van der Waals surface area contributed by atoms with Crippen LogP contribution < -0.4 is 4.90 Å². The van der Waals surface area contributed by atoms with E-state index in [9.17, 15) is 4.79 Å². The Morgan fingerprint density at radius 2 is 2.41 bits per heavy atom. The van der Waals surface area contributed by atoms with E-state index in [2.05, 4.69) is 42.6 Å². The second kappa shape index (κ2) is 5.28. The van der Waals surface area contributed by atoms with Crippen LogP contribution >= 0.6 is 22.6 Å². The van der Waals surface area contributed by atoms with Crippen molar-refractivity contribution in [3.63, 3.8) is 0 Å². The van der Waals surface area contributed by atoms with Crippen molar-refractivity contribution in [1.29, 1.82) is 0 Å². The molecule has 0 bridgehead atoms. The topological polar surface area (TPSA) is 94.9 Å². The molecular weight excluding hydrogens is 335 g/mol. The van der Waals surface area contributed by atoms with E-state index in [0.717, 1.165) is 3.70 Å². The number of anilines is 1. The molecule has 1 atom stereocenters. The molecule has 2 heterocycles. The third kappa shape index (κ3) is 2.83. The van der Waals surface area contributed by atoms with Crippen molar-refractivity contribution in [1.82, 2.24) is 9.97 Å². The second-order valence-electron chi connectivity index (χ2n) is 3.69. The molecule has 0 N–H and O–H groups in total. The van der Waals surface area contributed by atoms with Crippen molar-refractivity contribution in [2.75, 3.05) is 18.0 Å². The molecule has 88 valence electrons. The standard InChI is InChI=1S/C9H9IN6O/c10-7-3-13-8(4-12-7)16-5-6(1-9(16)17)2-14-15-11/h3-4,6H,1-2,5H2. The van der Waals surface area contributed by atoms with Gasteiger partial charge in [0.15, 0.2) is 5.82 Å². The molecule has 0 saturated carbocycles. The van der Waals surface area contributed by atoms with Crippen molar-refractivity contribution in [3.8, 4) is 0 Å². The van der Waals surface area contributed by atoms with E-state index in [1.807, 2.05) is 0 Å². The Kier molecular flexibility index (Phi) is 3.75. The molecule has 0 aromatic carbocycles. The minimum atomic E-state index is -0.00125. The number of amides is 1. The number of nitrogens with zero attached hydrogens (tertiary/aromatic N) is 6. The van der Waals surface area contributed by atoms with Crippen LogP contribution in [0.3, 0.4) is 0 Å². The third-order valence-electron chi connectivity index (χ3n) is 2.49. The summed E-state index contributed by atoms with van der Waals surface area (Å²) in [4.78, 5) is 24.3. The van der Waals surface area contributed by atoms with Crippen LogP contribution in [0.25, 0.3) is 10.4 Å². The molecule has 7 nitrogen and oxygen atoms in total. The molecular formula is C9H9IN6O. The van der Waals surface area contributed by atoms with Gasteiger partial charge in [-0.2, -0.15) is 0 Å². The van der Waals surface area contributed by atoms with Gasteiger partial charge >= 0.3 is 0 Å². The lowest BCUT2D eigenvalue weighted by Crippen LogP contribution is -2.25. The fourth-order valence-electron chi connectivity index (χ4n) is 1.72. The molecule has 1 aliphatic rings. The Morgan fingerprint density at radius 1 is 1.59 bits per heavy atom. The van der Waals surface area contributed by atoms with Crippen LogP contribution in [0.4, 0.5) is 5.82 Å². The smallest absolute Gasteiger partial charge is 0.228 e. The van der Waals surface area contributed by atoms with Gasteiger partial charge in [0.25, 0.3) is 0 Å². The van der Waals surface area contributed by atoms with E-state index in [4.69, 9.17) is 5.53 Å². The van der Waals surface area contributed by atoms with E-state index in [1.54, 1.807) is 17.3 Å². The Morgan fingerprint density at radius 3 is 3.06 bits per heavy atom. The summed E-state index contributed by atoms with van der Waals surface area (Å²) in [5.74, 6) is 0.622. The van der Waals surface area contributed by atoms with Gasteiger partial charge in [0, 0.05) is 24.4 Å². The number of rotatable bonds is 3. The van der Waals surface area contributed by atoms with Crippen LogP contribution in [0.1, 0.15) is 6.42 Å².